The Hall–Kier alpha value is -1.44. The van der Waals surface area contributed by atoms with E-state index in [2.05, 4.69) is 25.6 Å². The minimum absolute atomic E-state index is 0.177. The molecule has 0 radical (unpaired) electrons. The van der Waals surface area contributed by atoms with Crippen LogP contribution in [0.15, 0.2) is 40.0 Å². The lowest BCUT2D eigenvalue weighted by Crippen LogP contribution is -2.24. The maximum atomic E-state index is 12.4. The van der Waals surface area contributed by atoms with Crippen LogP contribution in [0, 0.1) is 13.8 Å². The lowest BCUT2D eigenvalue weighted by atomic mass is 10.2. The smallest absolute Gasteiger partial charge is 0.241 e. The van der Waals surface area contributed by atoms with Gasteiger partial charge in [-0.2, -0.15) is 0 Å². The molecule has 0 aliphatic carbocycles. The number of hydrogen-bond donors (Lipinski definition) is 2. The topological polar surface area (TPSA) is 85.1 Å². The number of benzene rings is 1. The SMILES string of the molecule is Cc1ccncc1CNS(=O)(=O)c1cc(Br)cc(N)c1C. The zero-order chi connectivity index (χ0) is 15.6. The molecule has 3 N–H and O–H groups in total. The van der Waals surface area contributed by atoms with Crippen molar-refractivity contribution in [1.82, 2.24) is 9.71 Å². The molecule has 0 spiro atoms. The van der Waals surface area contributed by atoms with Gasteiger partial charge in [0.2, 0.25) is 10.0 Å². The van der Waals surface area contributed by atoms with E-state index in [4.69, 9.17) is 5.73 Å². The Labute approximate surface area is 132 Å². The lowest BCUT2D eigenvalue weighted by molar-refractivity contribution is 0.580. The molecule has 0 fully saturated rings. The molecule has 1 aromatic carbocycles. The van der Waals surface area contributed by atoms with Gasteiger partial charge in [-0.25, -0.2) is 13.1 Å². The second kappa shape index (κ2) is 6.13. The van der Waals surface area contributed by atoms with Gasteiger partial charge in [0.05, 0.1) is 4.90 Å². The highest BCUT2D eigenvalue weighted by molar-refractivity contribution is 9.10. The zero-order valence-corrected chi connectivity index (χ0v) is 14.1. The number of nitrogen functional groups attached to an aromatic ring is 1. The Morgan fingerprint density at radius 2 is 2.05 bits per heavy atom. The summed E-state index contributed by atoms with van der Waals surface area (Å²) in [5.74, 6) is 0. The van der Waals surface area contributed by atoms with E-state index in [-0.39, 0.29) is 11.4 Å². The summed E-state index contributed by atoms with van der Waals surface area (Å²) < 4.78 is 28.1. The van der Waals surface area contributed by atoms with Gasteiger partial charge in [-0.15, -0.1) is 0 Å². The minimum atomic E-state index is -3.64. The molecule has 0 amide bonds. The maximum absolute atomic E-state index is 12.4. The predicted molar refractivity (Wildman–Crippen MR) is 86.3 cm³/mol. The summed E-state index contributed by atoms with van der Waals surface area (Å²) in [5.41, 5.74) is 8.61. The van der Waals surface area contributed by atoms with Gasteiger partial charge in [-0.1, -0.05) is 15.9 Å². The third kappa shape index (κ3) is 3.61. The number of nitrogens with one attached hydrogen (secondary N) is 1. The standard InChI is InChI=1S/C14H16BrN3O2S/c1-9-3-4-17-7-11(9)8-18-21(19,20)14-6-12(15)5-13(16)10(14)2/h3-7,18H,8,16H2,1-2H3. The molecule has 0 saturated carbocycles. The van der Waals surface area contributed by atoms with Crippen LogP contribution < -0.4 is 10.5 Å². The number of hydrogen-bond acceptors (Lipinski definition) is 4. The van der Waals surface area contributed by atoms with Crippen molar-refractivity contribution in [1.29, 1.82) is 0 Å². The van der Waals surface area contributed by atoms with Gasteiger partial charge in [-0.3, -0.25) is 4.98 Å². The molecule has 1 aromatic heterocycles. The fourth-order valence-electron chi connectivity index (χ4n) is 1.89. The largest absolute Gasteiger partial charge is 0.398 e. The van der Waals surface area contributed by atoms with Crippen LogP contribution in [0.2, 0.25) is 0 Å². The van der Waals surface area contributed by atoms with Crippen LogP contribution in [0.3, 0.4) is 0 Å². The molecular formula is C14H16BrN3O2S. The van der Waals surface area contributed by atoms with Crippen molar-refractivity contribution >= 4 is 31.6 Å². The first-order valence-corrected chi connectivity index (χ1v) is 8.53. The third-order valence-corrected chi connectivity index (χ3v) is 5.24. The molecule has 2 rings (SSSR count). The van der Waals surface area contributed by atoms with Gasteiger partial charge in [0.25, 0.3) is 0 Å². The van der Waals surface area contributed by atoms with Crippen molar-refractivity contribution < 1.29 is 8.42 Å². The van der Waals surface area contributed by atoms with Gasteiger partial charge in [0.15, 0.2) is 0 Å². The van der Waals surface area contributed by atoms with Crippen LogP contribution in [-0.2, 0) is 16.6 Å². The Balaban J connectivity index is 2.30. The fraction of sp³-hybridized carbons (Fsp3) is 0.214. The number of nitrogens with zero attached hydrogens (tertiary/aromatic N) is 1. The number of rotatable bonds is 4. The van der Waals surface area contributed by atoms with Crippen molar-refractivity contribution in [2.75, 3.05) is 5.73 Å². The summed E-state index contributed by atoms with van der Waals surface area (Å²) in [7, 11) is -3.64. The van der Waals surface area contributed by atoms with Gasteiger partial charge in [0.1, 0.15) is 0 Å². The number of anilines is 1. The lowest BCUT2D eigenvalue weighted by Gasteiger charge is -2.12. The molecule has 7 heteroatoms. The molecule has 5 nitrogen and oxygen atoms in total. The van der Waals surface area contributed by atoms with E-state index in [1.54, 1.807) is 31.5 Å². The summed E-state index contributed by atoms with van der Waals surface area (Å²) in [6.07, 6.45) is 3.33. The number of aromatic nitrogens is 1. The third-order valence-electron chi connectivity index (χ3n) is 3.25. The molecule has 112 valence electrons. The van der Waals surface area contributed by atoms with Gasteiger partial charge in [0, 0.05) is 29.1 Å². The molecule has 0 aliphatic rings. The summed E-state index contributed by atoms with van der Waals surface area (Å²) in [6.45, 7) is 3.78. The molecule has 0 unspecified atom stereocenters. The van der Waals surface area contributed by atoms with Crippen molar-refractivity contribution in [2.24, 2.45) is 0 Å². The monoisotopic (exact) mass is 369 g/mol. The highest BCUT2D eigenvalue weighted by atomic mass is 79.9. The van der Waals surface area contributed by atoms with Crippen molar-refractivity contribution in [2.45, 2.75) is 25.3 Å². The molecular weight excluding hydrogens is 354 g/mol. The Bertz CT molecular complexity index is 776. The van der Waals surface area contributed by atoms with E-state index in [9.17, 15) is 8.42 Å². The van der Waals surface area contributed by atoms with Crippen LogP contribution in [0.1, 0.15) is 16.7 Å². The average Bonchev–Trinajstić information content (AvgIpc) is 2.42. The number of sulfonamides is 1. The number of aryl methyl sites for hydroxylation is 1. The number of halogens is 1. The van der Waals surface area contributed by atoms with Crippen molar-refractivity contribution in [3.05, 3.63) is 51.8 Å². The zero-order valence-electron chi connectivity index (χ0n) is 11.7. The number of pyridine rings is 1. The Kier molecular flexibility index (Phi) is 4.65. The molecule has 0 bridgehead atoms. The first kappa shape index (κ1) is 15.9. The van der Waals surface area contributed by atoms with Crippen LogP contribution in [0.5, 0.6) is 0 Å². The minimum Gasteiger partial charge on any atom is -0.398 e. The summed E-state index contributed by atoms with van der Waals surface area (Å²) in [5, 5.41) is 0. The van der Waals surface area contributed by atoms with E-state index >= 15 is 0 Å². The van der Waals surface area contributed by atoms with Crippen LogP contribution in [0.4, 0.5) is 5.69 Å². The maximum Gasteiger partial charge on any atom is 0.241 e. The molecule has 2 aromatic rings. The van der Waals surface area contributed by atoms with Crippen molar-refractivity contribution in [3.63, 3.8) is 0 Å². The van der Waals surface area contributed by atoms with Gasteiger partial charge >= 0.3 is 0 Å². The molecule has 0 aliphatic heterocycles. The van der Waals surface area contributed by atoms with Gasteiger partial charge in [-0.05, 0) is 48.7 Å². The fourth-order valence-corrected chi connectivity index (χ4v) is 3.82. The highest BCUT2D eigenvalue weighted by Crippen LogP contribution is 2.26. The molecule has 0 atom stereocenters. The van der Waals surface area contributed by atoms with Crippen molar-refractivity contribution in [3.8, 4) is 0 Å². The van der Waals surface area contributed by atoms with E-state index < -0.39 is 10.0 Å². The second-order valence-electron chi connectivity index (χ2n) is 4.74. The summed E-state index contributed by atoms with van der Waals surface area (Å²) in [4.78, 5) is 4.18. The Morgan fingerprint density at radius 3 is 2.71 bits per heavy atom. The van der Waals surface area contributed by atoms with Crippen LogP contribution >= 0.6 is 15.9 Å². The van der Waals surface area contributed by atoms with Crippen LogP contribution in [0.25, 0.3) is 0 Å². The average molecular weight is 370 g/mol. The summed E-state index contributed by atoms with van der Waals surface area (Å²) in [6, 6.07) is 5.07. The van der Waals surface area contributed by atoms with E-state index in [0.717, 1.165) is 11.1 Å². The molecule has 1 heterocycles. The Morgan fingerprint density at radius 1 is 1.33 bits per heavy atom. The first-order valence-electron chi connectivity index (χ1n) is 6.26. The van der Waals surface area contributed by atoms with E-state index in [1.165, 1.54) is 0 Å². The molecule has 21 heavy (non-hydrogen) atoms. The second-order valence-corrected chi connectivity index (χ2v) is 7.40. The van der Waals surface area contributed by atoms with E-state index in [1.807, 2.05) is 13.0 Å². The predicted octanol–water partition coefficient (Wildman–Crippen LogP) is 2.52. The summed E-state index contributed by atoms with van der Waals surface area (Å²) >= 11 is 3.27. The number of nitrogens with two attached hydrogens (primary N) is 1. The highest BCUT2D eigenvalue weighted by Gasteiger charge is 2.19. The van der Waals surface area contributed by atoms with Crippen LogP contribution in [-0.4, -0.2) is 13.4 Å². The van der Waals surface area contributed by atoms with Gasteiger partial charge < -0.3 is 5.73 Å². The first-order chi connectivity index (χ1) is 9.81. The quantitative estimate of drug-likeness (QED) is 0.810. The molecule has 0 saturated heterocycles. The van der Waals surface area contributed by atoms with E-state index in [0.29, 0.717) is 15.7 Å². The normalized spacial score (nSPS) is 11.6.